The number of aliphatic carboxylic acids is 1. The van der Waals surface area contributed by atoms with E-state index in [1.807, 2.05) is 0 Å². The van der Waals surface area contributed by atoms with Gasteiger partial charge in [0.1, 0.15) is 11.7 Å². The van der Waals surface area contributed by atoms with Crippen LogP contribution in [0.2, 0.25) is 0 Å². The van der Waals surface area contributed by atoms with Crippen molar-refractivity contribution in [3.05, 3.63) is 29.3 Å². The Balaban J connectivity index is 2.50. The van der Waals surface area contributed by atoms with Gasteiger partial charge in [0, 0.05) is 0 Å². The molecular weight excluding hydrogens is 196 g/mol. The van der Waals surface area contributed by atoms with Crippen LogP contribution in [0.3, 0.4) is 0 Å². The summed E-state index contributed by atoms with van der Waals surface area (Å²) in [6, 6.07) is 4.68. The highest BCUT2D eigenvalue weighted by Gasteiger charge is 2.33. The molecule has 2 unspecified atom stereocenters. The molecule has 3 N–H and O–H groups in total. The number of phenolic OH excluding ortho intramolecular Hbond substituents is 1. The Bertz CT molecular complexity index is 400. The highest BCUT2D eigenvalue weighted by atomic mass is 16.4. The molecule has 1 aromatic carbocycles. The number of aryl methyl sites for hydroxylation is 1. The molecule has 1 aliphatic rings. The first-order valence-electron chi connectivity index (χ1n) is 4.82. The summed E-state index contributed by atoms with van der Waals surface area (Å²) < 4.78 is 0. The summed E-state index contributed by atoms with van der Waals surface area (Å²) in [5.74, 6) is -1.93. The summed E-state index contributed by atoms with van der Waals surface area (Å²) in [4.78, 5) is 11.0. The third-order valence-corrected chi connectivity index (χ3v) is 2.82. The number of fused-ring (bicyclic) bond motifs is 1. The molecule has 1 aromatic rings. The summed E-state index contributed by atoms with van der Waals surface area (Å²) in [5, 5.41) is 27.9. The van der Waals surface area contributed by atoms with Crippen LogP contribution in [0.25, 0.3) is 0 Å². The fourth-order valence-electron chi connectivity index (χ4n) is 2.07. The SMILES string of the molecule is O=C(O)C1c2cc(O)ccc2CCC1O. The molecule has 4 nitrogen and oxygen atoms in total. The molecule has 4 heteroatoms. The lowest BCUT2D eigenvalue weighted by Crippen LogP contribution is -2.31. The summed E-state index contributed by atoms with van der Waals surface area (Å²) in [5.41, 5.74) is 1.42. The first-order valence-corrected chi connectivity index (χ1v) is 4.82. The zero-order valence-electron chi connectivity index (χ0n) is 8.05. The molecule has 15 heavy (non-hydrogen) atoms. The van der Waals surface area contributed by atoms with Crippen LogP contribution in [-0.4, -0.2) is 27.4 Å². The third-order valence-electron chi connectivity index (χ3n) is 2.82. The van der Waals surface area contributed by atoms with E-state index in [9.17, 15) is 15.0 Å². The van der Waals surface area contributed by atoms with E-state index in [1.54, 1.807) is 6.07 Å². The Morgan fingerprint density at radius 2 is 2.13 bits per heavy atom. The average Bonchev–Trinajstić information content (AvgIpc) is 2.16. The lowest BCUT2D eigenvalue weighted by atomic mass is 9.81. The number of hydrogen-bond donors (Lipinski definition) is 3. The van der Waals surface area contributed by atoms with Gasteiger partial charge in [-0.3, -0.25) is 4.79 Å². The van der Waals surface area contributed by atoms with Gasteiger partial charge >= 0.3 is 5.97 Å². The van der Waals surface area contributed by atoms with Gasteiger partial charge in [-0.2, -0.15) is 0 Å². The molecule has 80 valence electrons. The van der Waals surface area contributed by atoms with Crippen molar-refractivity contribution in [2.75, 3.05) is 0 Å². The standard InChI is InChI=1S/C11H12O4/c12-7-3-1-6-2-4-9(13)10(11(14)15)8(6)5-7/h1,3,5,9-10,12-13H,2,4H2,(H,14,15). The van der Waals surface area contributed by atoms with Crippen molar-refractivity contribution in [2.45, 2.75) is 24.9 Å². The maximum absolute atomic E-state index is 11.0. The van der Waals surface area contributed by atoms with E-state index in [-0.39, 0.29) is 5.75 Å². The number of aromatic hydroxyl groups is 1. The van der Waals surface area contributed by atoms with Crippen molar-refractivity contribution in [2.24, 2.45) is 0 Å². The minimum absolute atomic E-state index is 0.0362. The smallest absolute Gasteiger partial charge is 0.313 e. The van der Waals surface area contributed by atoms with Gasteiger partial charge in [-0.05, 0) is 36.1 Å². The topological polar surface area (TPSA) is 77.8 Å². The van der Waals surface area contributed by atoms with Crippen molar-refractivity contribution < 1.29 is 20.1 Å². The highest BCUT2D eigenvalue weighted by Crippen LogP contribution is 2.34. The normalized spacial score (nSPS) is 24.6. The van der Waals surface area contributed by atoms with Gasteiger partial charge in [-0.15, -0.1) is 0 Å². The minimum atomic E-state index is -1.05. The molecule has 2 rings (SSSR count). The van der Waals surface area contributed by atoms with Crippen molar-refractivity contribution in [1.82, 2.24) is 0 Å². The van der Waals surface area contributed by atoms with E-state index >= 15 is 0 Å². The molecule has 0 aliphatic heterocycles. The fourth-order valence-corrected chi connectivity index (χ4v) is 2.07. The Kier molecular flexibility index (Phi) is 2.36. The first-order chi connectivity index (χ1) is 7.09. The predicted octanol–water partition coefficient (Wildman–Crippen LogP) is 0.867. The Hall–Kier alpha value is -1.55. The molecule has 0 saturated carbocycles. The molecule has 0 fully saturated rings. The van der Waals surface area contributed by atoms with Crippen molar-refractivity contribution in [3.63, 3.8) is 0 Å². The van der Waals surface area contributed by atoms with E-state index in [0.717, 1.165) is 5.56 Å². The average molecular weight is 208 g/mol. The molecule has 0 bridgehead atoms. The molecule has 0 aromatic heterocycles. The Labute approximate surface area is 86.8 Å². The van der Waals surface area contributed by atoms with E-state index in [2.05, 4.69) is 0 Å². The van der Waals surface area contributed by atoms with Crippen LogP contribution < -0.4 is 0 Å². The van der Waals surface area contributed by atoms with Crippen molar-refractivity contribution in [3.8, 4) is 5.75 Å². The van der Waals surface area contributed by atoms with E-state index in [0.29, 0.717) is 18.4 Å². The molecule has 0 amide bonds. The number of benzene rings is 1. The van der Waals surface area contributed by atoms with Gasteiger partial charge < -0.3 is 15.3 Å². The van der Waals surface area contributed by atoms with Crippen LogP contribution >= 0.6 is 0 Å². The zero-order chi connectivity index (χ0) is 11.0. The van der Waals surface area contributed by atoms with Gasteiger partial charge in [0.15, 0.2) is 0 Å². The second kappa shape index (κ2) is 3.55. The number of hydrogen-bond acceptors (Lipinski definition) is 3. The number of carboxylic acid groups (broad SMARTS) is 1. The molecule has 2 atom stereocenters. The number of phenols is 1. The molecule has 0 radical (unpaired) electrons. The van der Waals surface area contributed by atoms with E-state index in [1.165, 1.54) is 12.1 Å². The van der Waals surface area contributed by atoms with Gasteiger partial charge in [0.05, 0.1) is 6.10 Å². The third kappa shape index (κ3) is 1.68. The number of carboxylic acids is 1. The highest BCUT2D eigenvalue weighted by molar-refractivity contribution is 5.78. The van der Waals surface area contributed by atoms with Crippen molar-refractivity contribution >= 4 is 5.97 Å². The minimum Gasteiger partial charge on any atom is -0.508 e. The molecule has 1 aliphatic carbocycles. The number of aliphatic hydroxyl groups excluding tert-OH is 1. The summed E-state index contributed by atoms with van der Waals surface area (Å²) in [6.45, 7) is 0. The number of carbonyl (C=O) groups is 1. The summed E-state index contributed by atoms with van der Waals surface area (Å²) >= 11 is 0. The van der Waals surface area contributed by atoms with Gasteiger partial charge in [0.2, 0.25) is 0 Å². The lowest BCUT2D eigenvalue weighted by molar-refractivity contribution is -0.142. The Morgan fingerprint density at radius 1 is 1.40 bits per heavy atom. The molecule has 0 saturated heterocycles. The van der Waals surface area contributed by atoms with Gasteiger partial charge in [-0.25, -0.2) is 0 Å². The second-order valence-electron chi connectivity index (χ2n) is 3.81. The van der Waals surface area contributed by atoms with Crippen LogP contribution in [0.15, 0.2) is 18.2 Å². The maximum Gasteiger partial charge on any atom is 0.313 e. The predicted molar refractivity (Wildman–Crippen MR) is 52.8 cm³/mol. The van der Waals surface area contributed by atoms with E-state index in [4.69, 9.17) is 5.11 Å². The van der Waals surface area contributed by atoms with E-state index < -0.39 is 18.0 Å². The number of aliphatic hydroxyl groups is 1. The van der Waals surface area contributed by atoms with Crippen molar-refractivity contribution in [1.29, 1.82) is 0 Å². The van der Waals surface area contributed by atoms with Gasteiger partial charge in [0.25, 0.3) is 0 Å². The van der Waals surface area contributed by atoms with Crippen LogP contribution in [0.1, 0.15) is 23.5 Å². The Morgan fingerprint density at radius 3 is 2.80 bits per heavy atom. The maximum atomic E-state index is 11.0. The van der Waals surface area contributed by atoms with Crippen LogP contribution in [0, 0.1) is 0 Å². The lowest BCUT2D eigenvalue weighted by Gasteiger charge is -2.27. The van der Waals surface area contributed by atoms with Crippen LogP contribution in [-0.2, 0) is 11.2 Å². The first kappa shape index (κ1) is 9.98. The molecule has 0 spiro atoms. The second-order valence-corrected chi connectivity index (χ2v) is 3.81. The van der Waals surface area contributed by atoms with Crippen LogP contribution in [0.5, 0.6) is 5.75 Å². The number of rotatable bonds is 1. The van der Waals surface area contributed by atoms with Gasteiger partial charge in [-0.1, -0.05) is 6.07 Å². The van der Waals surface area contributed by atoms with Crippen LogP contribution in [0.4, 0.5) is 0 Å². The molecule has 0 heterocycles. The largest absolute Gasteiger partial charge is 0.508 e. The summed E-state index contributed by atoms with van der Waals surface area (Å²) in [6.07, 6.45) is 0.242. The zero-order valence-corrected chi connectivity index (χ0v) is 8.05. The summed E-state index contributed by atoms with van der Waals surface area (Å²) in [7, 11) is 0. The fraction of sp³-hybridized carbons (Fsp3) is 0.364. The molecular formula is C11H12O4. The quantitative estimate of drug-likeness (QED) is 0.639. The monoisotopic (exact) mass is 208 g/mol.